The predicted molar refractivity (Wildman–Crippen MR) is 66.9 cm³/mol. The number of carbonyl (C=O) groups is 1. The summed E-state index contributed by atoms with van der Waals surface area (Å²) in [5.74, 6) is 0.794. The molecule has 3 aliphatic heterocycles. The van der Waals surface area contributed by atoms with Crippen molar-refractivity contribution in [3.05, 3.63) is 24.0 Å². The molecule has 1 atom stereocenters. The largest absolute Gasteiger partial charge is 0.495 e. The lowest BCUT2D eigenvalue weighted by Crippen LogP contribution is -2.63. The summed E-state index contributed by atoms with van der Waals surface area (Å²) >= 11 is 0. The third-order valence-corrected chi connectivity index (χ3v) is 3.81. The SMILES string of the molecule is COc1cncc(C(=O)C2CN3CCN2CC3)c1. The summed E-state index contributed by atoms with van der Waals surface area (Å²) in [5, 5.41) is 0. The Morgan fingerprint density at radius 1 is 1.33 bits per heavy atom. The zero-order valence-corrected chi connectivity index (χ0v) is 10.5. The Hall–Kier alpha value is -1.46. The van der Waals surface area contributed by atoms with Crippen molar-refractivity contribution in [1.29, 1.82) is 0 Å². The minimum Gasteiger partial charge on any atom is -0.495 e. The average Bonchev–Trinajstić information content (AvgIpc) is 2.47. The number of Topliss-reactive ketones (excluding diaryl/α,β-unsaturated/α-hetero) is 1. The first-order chi connectivity index (χ1) is 8.78. The van der Waals surface area contributed by atoms with E-state index in [2.05, 4.69) is 14.8 Å². The van der Waals surface area contributed by atoms with Crippen LogP contribution in [0.4, 0.5) is 0 Å². The molecule has 0 amide bonds. The van der Waals surface area contributed by atoms with Crippen LogP contribution in [0.25, 0.3) is 0 Å². The van der Waals surface area contributed by atoms with Crippen LogP contribution in [0.3, 0.4) is 0 Å². The number of hydrogen-bond acceptors (Lipinski definition) is 5. The van der Waals surface area contributed by atoms with E-state index in [-0.39, 0.29) is 11.8 Å². The quantitative estimate of drug-likeness (QED) is 0.718. The lowest BCUT2D eigenvalue weighted by Gasteiger charge is -2.46. The Kier molecular flexibility index (Phi) is 3.01. The lowest BCUT2D eigenvalue weighted by atomic mass is 9.99. The van der Waals surface area contributed by atoms with Gasteiger partial charge in [-0.15, -0.1) is 0 Å². The van der Waals surface area contributed by atoms with E-state index in [1.807, 2.05) is 0 Å². The molecule has 0 saturated carbocycles. The van der Waals surface area contributed by atoms with Gasteiger partial charge in [0, 0.05) is 44.5 Å². The molecule has 1 aromatic heterocycles. The summed E-state index contributed by atoms with van der Waals surface area (Å²) in [6.45, 7) is 5.00. The minimum atomic E-state index is -0.0126. The van der Waals surface area contributed by atoms with Crippen molar-refractivity contribution in [3.8, 4) is 5.75 Å². The molecule has 0 N–H and O–H groups in total. The molecule has 18 heavy (non-hydrogen) atoms. The Morgan fingerprint density at radius 3 is 2.72 bits per heavy atom. The number of ketones is 1. The van der Waals surface area contributed by atoms with Gasteiger partial charge in [0.25, 0.3) is 0 Å². The normalized spacial score (nSPS) is 30.2. The number of hydrogen-bond donors (Lipinski definition) is 0. The van der Waals surface area contributed by atoms with E-state index in [0.29, 0.717) is 11.3 Å². The van der Waals surface area contributed by atoms with Crippen molar-refractivity contribution in [3.63, 3.8) is 0 Å². The fourth-order valence-electron chi connectivity index (χ4n) is 2.72. The number of aromatic nitrogens is 1. The van der Waals surface area contributed by atoms with Gasteiger partial charge in [0.2, 0.25) is 0 Å². The lowest BCUT2D eigenvalue weighted by molar-refractivity contribution is 0.0159. The maximum atomic E-state index is 12.5. The van der Waals surface area contributed by atoms with Crippen molar-refractivity contribution in [2.24, 2.45) is 0 Å². The van der Waals surface area contributed by atoms with Gasteiger partial charge in [0.1, 0.15) is 5.75 Å². The summed E-state index contributed by atoms with van der Waals surface area (Å²) in [5.41, 5.74) is 0.646. The molecular formula is C13H17N3O2. The van der Waals surface area contributed by atoms with Crippen LogP contribution >= 0.6 is 0 Å². The number of ether oxygens (including phenoxy) is 1. The number of pyridine rings is 1. The van der Waals surface area contributed by atoms with Crippen LogP contribution in [-0.4, -0.2) is 66.4 Å². The first kappa shape index (κ1) is 11.6. The van der Waals surface area contributed by atoms with E-state index in [0.717, 1.165) is 32.7 Å². The van der Waals surface area contributed by atoms with E-state index in [1.165, 1.54) is 0 Å². The first-order valence-corrected chi connectivity index (χ1v) is 6.27. The average molecular weight is 247 g/mol. The molecule has 3 saturated heterocycles. The van der Waals surface area contributed by atoms with Gasteiger partial charge in [-0.25, -0.2) is 0 Å². The maximum absolute atomic E-state index is 12.5. The fraction of sp³-hybridized carbons (Fsp3) is 0.538. The zero-order chi connectivity index (χ0) is 12.5. The number of rotatable bonds is 3. The summed E-state index contributed by atoms with van der Waals surface area (Å²) in [7, 11) is 1.59. The highest BCUT2D eigenvalue weighted by Gasteiger charge is 2.36. The van der Waals surface area contributed by atoms with Gasteiger partial charge in [0.15, 0.2) is 5.78 Å². The Balaban J connectivity index is 1.81. The zero-order valence-electron chi connectivity index (χ0n) is 10.5. The van der Waals surface area contributed by atoms with Crippen LogP contribution in [0.2, 0.25) is 0 Å². The van der Waals surface area contributed by atoms with Crippen molar-refractivity contribution < 1.29 is 9.53 Å². The predicted octanol–water partition coefficient (Wildman–Crippen LogP) is 0.273. The number of carbonyl (C=O) groups excluding carboxylic acids is 1. The van der Waals surface area contributed by atoms with Gasteiger partial charge < -0.3 is 4.74 Å². The van der Waals surface area contributed by atoms with E-state index < -0.39 is 0 Å². The van der Waals surface area contributed by atoms with Crippen LogP contribution in [0.1, 0.15) is 10.4 Å². The molecule has 0 spiro atoms. The molecule has 1 unspecified atom stereocenters. The molecule has 0 aliphatic carbocycles. The smallest absolute Gasteiger partial charge is 0.182 e. The van der Waals surface area contributed by atoms with Crippen molar-refractivity contribution in [2.45, 2.75) is 6.04 Å². The Morgan fingerprint density at radius 2 is 2.11 bits per heavy atom. The highest BCUT2D eigenvalue weighted by Crippen LogP contribution is 2.20. The molecule has 4 rings (SSSR count). The molecular weight excluding hydrogens is 230 g/mol. The maximum Gasteiger partial charge on any atom is 0.182 e. The second kappa shape index (κ2) is 4.66. The molecule has 0 radical (unpaired) electrons. The first-order valence-electron chi connectivity index (χ1n) is 6.27. The topological polar surface area (TPSA) is 45.7 Å². The number of piperazine rings is 3. The van der Waals surface area contributed by atoms with E-state index in [1.54, 1.807) is 25.6 Å². The fourth-order valence-corrected chi connectivity index (χ4v) is 2.72. The molecule has 4 heterocycles. The molecule has 5 nitrogen and oxygen atoms in total. The van der Waals surface area contributed by atoms with Crippen LogP contribution in [0, 0.1) is 0 Å². The standard InChI is InChI=1S/C13H17N3O2/c1-18-11-6-10(7-14-8-11)13(17)12-9-15-2-4-16(12)5-3-15/h6-8,12H,2-5,9H2,1H3. The van der Waals surface area contributed by atoms with E-state index >= 15 is 0 Å². The molecule has 3 fully saturated rings. The number of methoxy groups -OCH3 is 1. The highest BCUT2D eigenvalue weighted by atomic mass is 16.5. The van der Waals surface area contributed by atoms with Gasteiger partial charge in [-0.3, -0.25) is 19.6 Å². The van der Waals surface area contributed by atoms with Gasteiger partial charge in [0.05, 0.1) is 19.3 Å². The summed E-state index contributed by atoms with van der Waals surface area (Å²) in [6.07, 6.45) is 3.25. The monoisotopic (exact) mass is 247 g/mol. The van der Waals surface area contributed by atoms with Crippen LogP contribution in [0.15, 0.2) is 18.5 Å². The van der Waals surface area contributed by atoms with Gasteiger partial charge in [-0.1, -0.05) is 0 Å². The van der Waals surface area contributed by atoms with Crippen LogP contribution in [0.5, 0.6) is 5.75 Å². The van der Waals surface area contributed by atoms with Crippen molar-refractivity contribution in [1.82, 2.24) is 14.8 Å². The van der Waals surface area contributed by atoms with Crippen LogP contribution in [-0.2, 0) is 0 Å². The van der Waals surface area contributed by atoms with Crippen molar-refractivity contribution >= 4 is 5.78 Å². The van der Waals surface area contributed by atoms with Gasteiger partial charge in [-0.2, -0.15) is 0 Å². The molecule has 5 heteroatoms. The van der Waals surface area contributed by atoms with Gasteiger partial charge in [-0.05, 0) is 6.07 Å². The molecule has 1 aromatic rings. The van der Waals surface area contributed by atoms with E-state index in [9.17, 15) is 4.79 Å². The Bertz CT molecular complexity index is 455. The van der Waals surface area contributed by atoms with Gasteiger partial charge >= 0.3 is 0 Å². The minimum absolute atomic E-state index is 0.0126. The summed E-state index contributed by atoms with van der Waals surface area (Å²) in [6, 6.07) is 1.76. The molecule has 2 bridgehead atoms. The van der Waals surface area contributed by atoms with E-state index in [4.69, 9.17) is 4.74 Å². The summed E-state index contributed by atoms with van der Waals surface area (Å²) < 4.78 is 5.12. The third-order valence-electron chi connectivity index (χ3n) is 3.81. The second-order valence-corrected chi connectivity index (χ2v) is 4.83. The number of fused-ring (bicyclic) bond motifs is 3. The Labute approximate surface area is 106 Å². The van der Waals surface area contributed by atoms with Crippen LogP contribution < -0.4 is 4.74 Å². The van der Waals surface area contributed by atoms with Crippen molar-refractivity contribution in [2.75, 3.05) is 39.8 Å². The highest BCUT2D eigenvalue weighted by molar-refractivity contribution is 6.00. The second-order valence-electron chi connectivity index (χ2n) is 4.83. The summed E-state index contributed by atoms with van der Waals surface area (Å²) in [4.78, 5) is 21.2. The molecule has 0 aromatic carbocycles. The third kappa shape index (κ3) is 2.00. The number of nitrogens with zero attached hydrogens (tertiary/aromatic N) is 3. The molecule has 96 valence electrons. The molecule has 3 aliphatic rings.